The predicted molar refractivity (Wildman–Crippen MR) is 24.8 cm³/mol. The van der Waals surface area contributed by atoms with Crippen LogP contribution in [0.4, 0.5) is 0 Å². The molecule has 0 aliphatic heterocycles. The minimum absolute atomic E-state index is 2.67. The van der Waals surface area contributed by atoms with E-state index < -0.39 is 22.7 Å². The van der Waals surface area contributed by atoms with E-state index in [1.807, 2.05) is 0 Å². The lowest BCUT2D eigenvalue weighted by Gasteiger charge is -1.90. The first-order valence-corrected chi connectivity index (χ1v) is 3.43. The van der Waals surface area contributed by atoms with Crippen LogP contribution in [-0.2, 0) is 36.4 Å². The first-order chi connectivity index (χ1) is 4.13. The molecule has 0 amide bonds. The maximum atomic E-state index is 9.48. The van der Waals surface area contributed by atoms with Gasteiger partial charge in [-0.3, -0.25) is 9.11 Å². The summed E-state index contributed by atoms with van der Waals surface area (Å²) in [6, 6.07) is 0. The Kier molecular flexibility index (Phi) is 4.99. The molecule has 0 aliphatic carbocycles. The molecule has 7 nitrogen and oxygen atoms in total. The van der Waals surface area contributed by atoms with Crippen LogP contribution < -0.4 is 0 Å². The van der Waals surface area contributed by atoms with Crippen LogP contribution in [0.25, 0.3) is 0 Å². The normalized spacial score (nSPS) is 17.1. The van der Waals surface area contributed by atoms with Crippen molar-refractivity contribution in [1.29, 1.82) is 0 Å². The molecule has 0 bridgehead atoms. The zero-order chi connectivity index (χ0) is 7.28. The van der Waals surface area contributed by atoms with Gasteiger partial charge in [-0.05, 0) is 5.04 Å². The van der Waals surface area contributed by atoms with Crippen LogP contribution in [0.1, 0.15) is 0 Å². The lowest BCUT2D eigenvalue weighted by molar-refractivity contribution is -0.407. The van der Waals surface area contributed by atoms with Crippen molar-refractivity contribution < 1.29 is 31.2 Å². The molecule has 9 heavy (non-hydrogen) atoms. The van der Waals surface area contributed by atoms with E-state index >= 15 is 0 Å². The number of hydrogen-bond donors (Lipinski definition) is 2. The fourth-order valence-corrected chi connectivity index (χ4v) is 0.245. The quantitative estimate of drug-likeness (QED) is 0.328. The molecule has 0 spiro atoms. The summed E-state index contributed by atoms with van der Waals surface area (Å²) in [5.74, 6) is 0. The van der Waals surface area contributed by atoms with E-state index in [4.69, 9.17) is 9.11 Å². The summed E-state index contributed by atoms with van der Waals surface area (Å²) in [5, 5.41) is 3.26. The van der Waals surface area contributed by atoms with E-state index in [9.17, 15) is 8.42 Å². The van der Waals surface area contributed by atoms with Gasteiger partial charge in [-0.25, -0.2) is 0 Å². The van der Waals surface area contributed by atoms with Crippen LogP contribution in [0.2, 0.25) is 0 Å². The molecule has 0 aromatic rings. The molecule has 2 atom stereocenters. The van der Waals surface area contributed by atoms with Crippen molar-refractivity contribution in [3.05, 3.63) is 0 Å². The average Bonchev–Trinajstić information content (AvgIpc) is 1.63. The van der Waals surface area contributed by atoms with Gasteiger partial charge in [0.25, 0.3) is 0 Å². The van der Waals surface area contributed by atoms with Crippen molar-refractivity contribution in [3.63, 3.8) is 0 Å². The van der Waals surface area contributed by atoms with Crippen molar-refractivity contribution in [3.8, 4) is 0 Å². The Morgan fingerprint density at radius 1 is 1.00 bits per heavy atom. The highest BCUT2D eigenvalue weighted by Gasteiger charge is 1.97. The van der Waals surface area contributed by atoms with E-state index in [-0.39, 0.29) is 0 Å². The van der Waals surface area contributed by atoms with E-state index in [2.05, 4.69) is 13.7 Å². The summed E-state index contributed by atoms with van der Waals surface area (Å²) in [5.41, 5.74) is 0. The second kappa shape index (κ2) is 4.93. The largest absolute Gasteiger partial charge is 0.333 e. The summed E-state index contributed by atoms with van der Waals surface area (Å²) in [7, 11) is 0. The van der Waals surface area contributed by atoms with Gasteiger partial charge in [0, 0.05) is 0 Å². The first-order valence-electron chi connectivity index (χ1n) is 1.37. The van der Waals surface area contributed by atoms with Crippen LogP contribution in [0.3, 0.4) is 0 Å². The van der Waals surface area contributed by atoms with Gasteiger partial charge in [0.15, 0.2) is 0 Å². The third kappa shape index (κ3) is 8.10. The Bertz CT molecular complexity index is 102. The summed E-state index contributed by atoms with van der Waals surface area (Å²) in [6.45, 7) is 0. The molecule has 0 aromatic carbocycles. The lowest BCUT2D eigenvalue weighted by Crippen LogP contribution is -2.00. The molecule has 0 radical (unpaired) electrons. The molecule has 2 unspecified atom stereocenters. The van der Waals surface area contributed by atoms with E-state index in [1.54, 1.807) is 0 Å². The van der Waals surface area contributed by atoms with Gasteiger partial charge in [-0.1, -0.05) is 8.67 Å². The van der Waals surface area contributed by atoms with Gasteiger partial charge < -0.3 is 0 Å². The Morgan fingerprint density at radius 2 is 1.33 bits per heavy atom. The molecular weight excluding hydrogens is 176 g/mol. The van der Waals surface area contributed by atoms with Gasteiger partial charge in [-0.15, -0.1) is 0 Å². The molecule has 56 valence electrons. The first kappa shape index (κ1) is 9.10. The topological polar surface area (TPSA) is 102 Å². The zero-order valence-electron chi connectivity index (χ0n) is 3.75. The Balaban J connectivity index is 3.10. The molecule has 0 saturated carbocycles. The van der Waals surface area contributed by atoms with Crippen molar-refractivity contribution in [2.24, 2.45) is 0 Å². The molecule has 0 aromatic heterocycles. The van der Waals surface area contributed by atoms with Crippen molar-refractivity contribution in [2.45, 2.75) is 0 Å². The molecule has 0 aliphatic rings. The average molecular weight is 178 g/mol. The van der Waals surface area contributed by atoms with Gasteiger partial charge in [0.2, 0.25) is 0 Å². The molecule has 0 saturated heterocycles. The van der Waals surface area contributed by atoms with Crippen molar-refractivity contribution in [2.75, 3.05) is 0 Å². The smallest absolute Gasteiger partial charge is 0.282 e. The molecule has 0 fully saturated rings. The van der Waals surface area contributed by atoms with E-state index in [0.29, 0.717) is 0 Å². The van der Waals surface area contributed by atoms with Crippen LogP contribution in [0, 0.1) is 0 Å². The van der Waals surface area contributed by atoms with Crippen molar-refractivity contribution in [1.82, 2.24) is 0 Å². The third-order valence-corrected chi connectivity index (χ3v) is 0.516. The predicted octanol–water partition coefficient (Wildman–Crippen LogP) is -0.860. The van der Waals surface area contributed by atoms with Gasteiger partial charge >= 0.3 is 22.7 Å². The summed E-state index contributed by atoms with van der Waals surface area (Å²) in [6.07, 6.45) is 0. The van der Waals surface area contributed by atoms with Gasteiger partial charge in [-0.2, -0.15) is 8.42 Å². The molecule has 0 heterocycles. The zero-order valence-corrected chi connectivity index (χ0v) is 5.39. The second-order valence-corrected chi connectivity index (χ2v) is 1.78. The number of hydrogen-bond acceptors (Lipinski definition) is 5. The van der Waals surface area contributed by atoms with E-state index in [1.165, 1.54) is 0 Å². The Labute approximate surface area is 54.7 Å². The van der Waals surface area contributed by atoms with Gasteiger partial charge in [0.1, 0.15) is 0 Å². The van der Waals surface area contributed by atoms with Crippen LogP contribution in [0.5, 0.6) is 0 Å². The fourth-order valence-electron chi connectivity index (χ4n) is 0.0589. The molecular formula is H2O7S2. The monoisotopic (exact) mass is 178 g/mol. The van der Waals surface area contributed by atoms with E-state index in [0.717, 1.165) is 0 Å². The van der Waals surface area contributed by atoms with Crippen LogP contribution in [0.15, 0.2) is 0 Å². The second-order valence-electron chi connectivity index (χ2n) is 0.638. The standard InChI is InChI=1S/H2O7S2/c1-8(2)6-5-7-9(3)4/h(H,1,2)(H,3,4). The highest BCUT2D eigenvalue weighted by atomic mass is 32.2. The summed E-state index contributed by atoms with van der Waals surface area (Å²) in [4.78, 5) is 0. The van der Waals surface area contributed by atoms with Gasteiger partial charge in [0.05, 0.1) is 0 Å². The third-order valence-electron chi connectivity index (χ3n) is 0.172. The highest BCUT2D eigenvalue weighted by molar-refractivity contribution is 7.74. The molecule has 9 heteroatoms. The van der Waals surface area contributed by atoms with Crippen LogP contribution in [-0.4, -0.2) is 17.5 Å². The maximum absolute atomic E-state index is 9.48. The number of rotatable bonds is 4. The van der Waals surface area contributed by atoms with Crippen LogP contribution >= 0.6 is 0 Å². The molecule has 2 N–H and O–H groups in total. The maximum Gasteiger partial charge on any atom is 0.333 e. The Hall–Kier alpha value is 0.1000. The van der Waals surface area contributed by atoms with Crippen molar-refractivity contribution >= 4 is 22.7 Å². The molecule has 0 rings (SSSR count). The minimum atomic E-state index is -2.67. The SMILES string of the molecule is O=S(O)OOOS(=O)O. The lowest BCUT2D eigenvalue weighted by atomic mass is 14.6. The summed E-state index contributed by atoms with van der Waals surface area (Å²) < 4.78 is 41.0. The fraction of sp³-hybridized carbons (Fsp3) is 0. The highest BCUT2D eigenvalue weighted by Crippen LogP contribution is 1.85. The minimum Gasteiger partial charge on any atom is -0.282 e. The summed E-state index contributed by atoms with van der Waals surface area (Å²) >= 11 is -5.35. The Morgan fingerprint density at radius 3 is 1.56 bits per heavy atom.